The molecule has 1 saturated heterocycles. The van der Waals surface area contributed by atoms with Crippen LogP contribution in [0.2, 0.25) is 0 Å². The van der Waals surface area contributed by atoms with Crippen LogP contribution in [0.3, 0.4) is 0 Å². The van der Waals surface area contributed by atoms with Gasteiger partial charge < -0.3 is 9.80 Å². The van der Waals surface area contributed by atoms with Crippen molar-refractivity contribution >= 4 is 21.8 Å². The third-order valence-corrected chi connectivity index (χ3v) is 4.58. The van der Waals surface area contributed by atoms with Gasteiger partial charge in [0, 0.05) is 26.2 Å². The number of halogens is 1. The van der Waals surface area contributed by atoms with Gasteiger partial charge in [-0.15, -0.1) is 0 Å². The van der Waals surface area contributed by atoms with Crippen molar-refractivity contribution in [3.63, 3.8) is 0 Å². The highest BCUT2D eigenvalue weighted by molar-refractivity contribution is 9.10. The predicted molar refractivity (Wildman–Crippen MR) is 73.5 cm³/mol. The average Bonchev–Trinajstić information content (AvgIpc) is 2.58. The molecule has 6 heteroatoms. The maximum absolute atomic E-state index is 12.2. The maximum Gasteiger partial charge on any atom is 0.244 e. The minimum Gasteiger partial charge on any atom is -0.339 e. The Hall–Kier alpha value is -0.880. The average molecular weight is 315 g/mol. The van der Waals surface area contributed by atoms with Crippen LogP contribution >= 0.6 is 15.9 Å². The van der Waals surface area contributed by atoms with Crippen LogP contribution in [0.1, 0.15) is 11.4 Å². The van der Waals surface area contributed by atoms with E-state index in [1.807, 2.05) is 18.7 Å². The predicted octanol–water partition coefficient (Wildman–Crippen LogP) is 1.04. The van der Waals surface area contributed by atoms with Gasteiger partial charge in [0.15, 0.2) is 0 Å². The Bertz CT molecular complexity index is 449. The van der Waals surface area contributed by atoms with Crippen molar-refractivity contribution in [2.75, 3.05) is 33.2 Å². The standard InChI is InChI=1S/C12H19BrN4O/c1-9-12(13)10(2)17(14-9)8-11(18)16-6-4-15(3)5-7-16/h4-8H2,1-3H3. The molecule has 1 aliphatic rings. The van der Waals surface area contributed by atoms with Crippen LogP contribution in [-0.4, -0.2) is 58.7 Å². The molecule has 0 unspecified atom stereocenters. The zero-order valence-electron chi connectivity index (χ0n) is 11.1. The first-order valence-electron chi connectivity index (χ1n) is 6.15. The van der Waals surface area contributed by atoms with Gasteiger partial charge in [-0.3, -0.25) is 9.48 Å². The van der Waals surface area contributed by atoms with E-state index in [1.165, 1.54) is 0 Å². The molecule has 0 N–H and O–H groups in total. The van der Waals surface area contributed by atoms with Crippen molar-refractivity contribution in [3.8, 4) is 0 Å². The zero-order chi connectivity index (χ0) is 13.3. The molecule has 0 radical (unpaired) electrons. The number of rotatable bonds is 2. The van der Waals surface area contributed by atoms with Gasteiger partial charge >= 0.3 is 0 Å². The Morgan fingerprint density at radius 2 is 1.89 bits per heavy atom. The number of piperazine rings is 1. The summed E-state index contributed by atoms with van der Waals surface area (Å²) in [6.45, 7) is 7.78. The summed E-state index contributed by atoms with van der Waals surface area (Å²) in [6.07, 6.45) is 0. The Labute approximate surface area is 116 Å². The number of hydrogen-bond acceptors (Lipinski definition) is 3. The Balaban J connectivity index is 2.01. The minimum absolute atomic E-state index is 0.154. The maximum atomic E-state index is 12.2. The number of amides is 1. The molecule has 0 aromatic carbocycles. The number of aryl methyl sites for hydroxylation is 1. The second-order valence-electron chi connectivity index (χ2n) is 4.83. The molecule has 0 spiro atoms. The van der Waals surface area contributed by atoms with Gasteiger partial charge in [0.25, 0.3) is 0 Å². The van der Waals surface area contributed by atoms with Crippen molar-refractivity contribution in [1.82, 2.24) is 19.6 Å². The van der Waals surface area contributed by atoms with Gasteiger partial charge in [-0.1, -0.05) is 0 Å². The van der Waals surface area contributed by atoms with Gasteiger partial charge in [-0.05, 0) is 36.8 Å². The van der Waals surface area contributed by atoms with Crippen molar-refractivity contribution in [3.05, 3.63) is 15.9 Å². The number of carbonyl (C=O) groups is 1. The first-order chi connectivity index (χ1) is 8.49. The van der Waals surface area contributed by atoms with E-state index < -0.39 is 0 Å². The fourth-order valence-electron chi connectivity index (χ4n) is 2.11. The number of hydrogen-bond donors (Lipinski definition) is 0. The zero-order valence-corrected chi connectivity index (χ0v) is 12.7. The fraction of sp³-hybridized carbons (Fsp3) is 0.667. The molecule has 18 heavy (non-hydrogen) atoms. The lowest BCUT2D eigenvalue weighted by atomic mass is 10.3. The largest absolute Gasteiger partial charge is 0.339 e. The molecule has 2 heterocycles. The molecule has 1 aromatic heterocycles. The molecule has 5 nitrogen and oxygen atoms in total. The molecular weight excluding hydrogens is 296 g/mol. The summed E-state index contributed by atoms with van der Waals surface area (Å²) in [7, 11) is 2.08. The minimum atomic E-state index is 0.154. The van der Waals surface area contributed by atoms with Crippen molar-refractivity contribution in [1.29, 1.82) is 0 Å². The van der Waals surface area contributed by atoms with Crippen molar-refractivity contribution < 1.29 is 4.79 Å². The fourth-order valence-corrected chi connectivity index (χ4v) is 2.40. The van der Waals surface area contributed by atoms with Gasteiger partial charge in [-0.2, -0.15) is 5.10 Å². The summed E-state index contributed by atoms with van der Waals surface area (Å²) >= 11 is 3.48. The number of aromatic nitrogens is 2. The van der Waals surface area contributed by atoms with E-state index in [9.17, 15) is 4.79 Å². The van der Waals surface area contributed by atoms with E-state index in [0.717, 1.165) is 42.0 Å². The van der Waals surface area contributed by atoms with Crippen LogP contribution in [0.15, 0.2) is 4.47 Å². The van der Waals surface area contributed by atoms with Gasteiger partial charge in [-0.25, -0.2) is 0 Å². The summed E-state index contributed by atoms with van der Waals surface area (Å²) in [5, 5.41) is 4.37. The molecule has 2 rings (SSSR count). The van der Waals surface area contributed by atoms with Crippen LogP contribution in [0.5, 0.6) is 0 Å². The monoisotopic (exact) mass is 314 g/mol. The summed E-state index contributed by atoms with van der Waals surface area (Å²) < 4.78 is 2.77. The smallest absolute Gasteiger partial charge is 0.244 e. The molecule has 1 amide bonds. The molecule has 1 aromatic rings. The highest BCUT2D eigenvalue weighted by Gasteiger charge is 2.20. The third-order valence-electron chi connectivity index (χ3n) is 3.43. The van der Waals surface area contributed by atoms with E-state index in [0.29, 0.717) is 6.54 Å². The molecule has 1 aliphatic heterocycles. The number of carbonyl (C=O) groups excluding carboxylic acids is 1. The van der Waals surface area contributed by atoms with E-state index >= 15 is 0 Å². The van der Waals surface area contributed by atoms with Crippen LogP contribution in [0.4, 0.5) is 0 Å². The third kappa shape index (κ3) is 2.75. The lowest BCUT2D eigenvalue weighted by molar-refractivity contribution is -0.133. The molecule has 0 aliphatic carbocycles. The summed E-state index contributed by atoms with van der Waals surface area (Å²) in [4.78, 5) is 16.3. The number of likely N-dealkylation sites (N-methyl/N-ethyl adjacent to an activating group) is 1. The van der Waals surface area contributed by atoms with E-state index in [2.05, 4.69) is 33.0 Å². The first kappa shape index (κ1) is 13.5. The second-order valence-corrected chi connectivity index (χ2v) is 5.62. The molecular formula is C12H19BrN4O. The quantitative estimate of drug-likeness (QED) is 0.819. The normalized spacial score (nSPS) is 17.2. The highest BCUT2D eigenvalue weighted by atomic mass is 79.9. The van der Waals surface area contributed by atoms with Crippen LogP contribution in [0.25, 0.3) is 0 Å². The highest BCUT2D eigenvalue weighted by Crippen LogP contribution is 2.19. The Kier molecular flexibility index (Phi) is 4.07. The van der Waals surface area contributed by atoms with E-state index in [-0.39, 0.29) is 5.91 Å². The van der Waals surface area contributed by atoms with Gasteiger partial charge in [0.05, 0.1) is 15.9 Å². The Morgan fingerprint density at radius 1 is 1.28 bits per heavy atom. The first-order valence-corrected chi connectivity index (χ1v) is 6.94. The van der Waals surface area contributed by atoms with Crippen molar-refractivity contribution in [2.24, 2.45) is 0 Å². The topological polar surface area (TPSA) is 41.4 Å². The molecule has 1 fully saturated rings. The van der Waals surface area contributed by atoms with Crippen LogP contribution < -0.4 is 0 Å². The Morgan fingerprint density at radius 3 is 2.39 bits per heavy atom. The summed E-state index contributed by atoms with van der Waals surface area (Å²) in [5.74, 6) is 0.154. The van der Waals surface area contributed by atoms with E-state index in [4.69, 9.17) is 0 Å². The van der Waals surface area contributed by atoms with Gasteiger partial charge in [0.2, 0.25) is 5.91 Å². The SMILES string of the molecule is Cc1nn(CC(=O)N2CCN(C)CC2)c(C)c1Br. The summed E-state index contributed by atoms with van der Waals surface area (Å²) in [6, 6.07) is 0. The van der Waals surface area contributed by atoms with Crippen LogP contribution in [-0.2, 0) is 11.3 Å². The molecule has 0 bridgehead atoms. The van der Waals surface area contributed by atoms with Crippen molar-refractivity contribution in [2.45, 2.75) is 20.4 Å². The summed E-state index contributed by atoms with van der Waals surface area (Å²) in [5.41, 5.74) is 1.94. The molecule has 100 valence electrons. The van der Waals surface area contributed by atoms with E-state index in [1.54, 1.807) is 4.68 Å². The second kappa shape index (κ2) is 5.40. The molecule has 0 atom stereocenters. The lowest BCUT2D eigenvalue weighted by Gasteiger charge is -2.32. The van der Waals surface area contributed by atoms with Gasteiger partial charge in [0.1, 0.15) is 6.54 Å². The van der Waals surface area contributed by atoms with Crippen LogP contribution in [0, 0.1) is 13.8 Å². The number of nitrogens with zero attached hydrogens (tertiary/aromatic N) is 4. The lowest BCUT2D eigenvalue weighted by Crippen LogP contribution is -2.48. The molecule has 0 saturated carbocycles.